The Hall–Kier alpha value is -3.48. The highest BCUT2D eigenvalue weighted by Gasteiger charge is 2.27. The molecule has 1 fully saturated rings. The molecule has 0 radical (unpaired) electrons. The lowest BCUT2D eigenvalue weighted by molar-refractivity contribution is -0.129. The Morgan fingerprint density at radius 3 is 3.03 bits per heavy atom. The van der Waals surface area contributed by atoms with E-state index in [4.69, 9.17) is 10.5 Å². The number of hydrogen-bond donors (Lipinski definition) is 2. The van der Waals surface area contributed by atoms with Crippen molar-refractivity contribution in [2.75, 3.05) is 31.6 Å². The van der Waals surface area contributed by atoms with E-state index in [1.54, 1.807) is 31.0 Å². The molecule has 0 aromatic carbocycles. The number of primary amides is 1. The van der Waals surface area contributed by atoms with Gasteiger partial charge in [-0.1, -0.05) is 11.3 Å². The number of anilines is 2. The summed E-state index contributed by atoms with van der Waals surface area (Å²) in [6, 6.07) is 4.38. The molecule has 33 heavy (non-hydrogen) atoms. The van der Waals surface area contributed by atoms with Crippen LogP contribution < -0.4 is 11.1 Å². The van der Waals surface area contributed by atoms with Gasteiger partial charge in [-0.05, 0) is 12.1 Å². The van der Waals surface area contributed by atoms with Crippen LogP contribution in [0.25, 0.3) is 21.6 Å². The summed E-state index contributed by atoms with van der Waals surface area (Å²) >= 11 is 1.29. The zero-order valence-electron chi connectivity index (χ0n) is 17.5. The second-order valence-electron chi connectivity index (χ2n) is 7.51. The lowest BCUT2D eigenvalue weighted by Crippen LogP contribution is -2.53. The number of rotatable bonds is 7. The smallest absolute Gasteiger partial charge is 0.237 e. The molecule has 170 valence electrons. The lowest BCUT2D eigenvalue weighted by atomic mass is 10.2. The number of halogens is 1. The Morgan fingerprint density at radius 1 is 1.27 bits per heavy atom. The van der Waals surface area contributed by atoms with E-state index in [0.717, 1.165) is 11.0 Å². The van der Waals surface area contributed by atoms with E-state index >= 15 is 0 Å². The number of nitrogens with one attached hydrogen (secondary N) is 1. The zero-order chi connectivity index (χ0) is 22.8. The van der Waals surface area contributed by atoms with Crippen LogP contribution in [-0.2, 0) is 16.1 Å². The highest BCUT2D eigenvalue weighted by Crippen LogP contribution is 2.30. The van der Waals surface area contributed by atoms with E-state index in [-0.39, 0.29) is 11.6 Å². The summed E-state index contributed by atoms with van der Waals surface area (Å²) in [5.74, 6) is -0.183. The van der Waals surface area contributed by atoms with Crippen LogP contribution in [0.5, 0.6) is 0 Å². The van der Waals surface area contributed by atoms with Crippen molar-refractivity contribution in [3.05, 3.63) is 48.9 Å². The van der Waals surface area contributed by atoms with Crippen LogP contribution in [0.15, 0.2) is 43.1 Å². The predicted molar refractivity (Wildman–Crippen MR) is 121 cm³/mol. The number of ether oxygens (including phenoxy) is 1. The van der Waals surface area contributed by atoms with Crippen molar-refractivity contribution in [2.45, 2.75) is 12.6 Å². The van der Waals surface area contributed by atoms with Gasteiger partial charge in [0.1, 0.15) is 28.9 Å². The van der Waals surface area contributed by atoms with E-state index in [9.17, 15) is 9.18 Å². The molecule has 0 bridgehead atoms. The van der Waals surface area contributed by atoms with Crippen LogP contribution in [0, 0.1) is 5.82 Å². The van der Waals surface area contributed by atoms with Crippen LogP contribution >= 0.6 is 11.3 Å². The number of nitrogens with zero attached hydrogens (tertiary/aromatic N) is 6. The lowest BCUT2D eigenvalue weighted by Gasteiger charge is -2.33. The molecule has 5 heterocycles. The summed E-state index contributed by atoms with van der Waals surface area (Å²) in [7, 11) is 0. The maximum atomic E-state index is 14.0. The van der Waals surface area contributed by atoms with Crippen LogP contribution in [0.2, 0.25) is 0 Å². The van der Waals surface area contributed by atoms with E-state index < -0.39 is 11.9 Å². The van der Waals surface area contributed by atoms with Gasteiger partial charge in [-0.2, -0.15) is 0 Å². The van der Waals surface area contributed by atoms with Gasteiger partial charge in [0.2, 0.25) is 5.91 Å². The number of carbonyl (C=O) groups is 1. The number of carbonyl (C=O) groups excluding carboxylic acids is 1. The van der Waals surface area contributed by atoms with Gasteiger partial charge in [0.25, 0.3) is 0 Å². The second-order valence-corrected chi connectivity index (χ2v) is 8.54. The van der Waals surface area contributed by atoms with Crippen molar-refractivity contribution in [3.63, 3.8) is 0 Å². The number of imidazole rings is 1. The molecular weight excluding hydrogens is 447 g/mol. The molecule has 1 aliphatic rings. The fourth-order valence-corrected chi connectivity index (χ4v) is 4.55. The summed E-state index contributed by atoms with van der Waals surface area (Å²) < 4.78 is 21.4. The van der Waals surface area contributed by atoms with Gasteiger partial charge in [0, 0.05) is 38.1 Å². The van der Waals surface area contributed by atoms with Gasteiger partial charge >= 0.3 is 0 Å². The molecule has 1 saturated heterocycles. The molecule has 4 aromatic rings. The van der Waals surface area contributed by atoms with Crippen molar-refractivity contribution in [1.29, 1.82) is 0 Å². The van der Waals surface area contributed by atoms with Crippen molar-refractivity contribution in [3.8, 4) is 10.6 Å². The number of pyridine rings is 2. The minimum Gasteiger partial charge on any atom is -0.378 e. The number of thiazole rings is 1. The molecule has 12 heteroatoms. The highest BCUT2D eigenvalue weighted by atomic mass is 32.1. The summed E-state index contributed by atoms with van der Waals surface area (Å²) in [6.07, 6.45) is 6.56. The van der Waals surface area contributed by atoms with E-state index in [2.05, 4.69) is 25.3 Å². The van der Waals surface area contributed by atoms with Gasteiger partial charge in [0.05, 0.1) is 36.1 Å². The van der Waals surface area contributed by atoms with Gasteiger partial charge < -0.3 is 20.4 Å². The SMILES string of the molecule is NC(=O)[C@@H]1COCCN1CCn1cnc2cnc(Nc3ncc(-c4ncccc4F)s3)cc21. The minimum absolute atomic E-state index is 0.266. The van der Waals surface area contributed by atoms with Gasteiger partial charge in [-0.15, -0.1) is 0 Å². The number of morpholine rings is 1. The Morgan fingerprint density at radius 2 is 2.18 bits per heavy atom. The standard InChI is InChI=1S/C21H21FN8O2S/c22-13-2-1-3-24-19(13)17-10-26-21(33-17)28-18-8-15-14(9-25-18)27-12-30(15)5-4-29-6-7-32-11-16(29)20(23)31/h1-3,8-10,12,16H,4-7,11H2,(H2,23,31)(H,25,26,28)/t16-/m0/s1. The molecule has 0 saturated carbocycles. The average molecular weight is 469 g/mol. The minimum atomic E-state index is -0.421. The summed E-state index contributed by atoms with van der Waals surface area (Å²) in [6.45, 7) is 2.81. The monoisotopic (exact) mass is 468 g/mol. The fourth-order valence-electron chi connectivity index (χ4n) is 3.73. The number of hydrogen-bond acceptors (Lipinski definition) is 9. The summed E-state index contributed by atoms with van der Waals surface area (Å²) in [5.41, 5.74) is 7.42. The third kappa shape index (κ3) is 4.53. The Balaban J connectivity index is 1.31. The maximum Gasteiger partial charge on any atom is 0.237 e. The van der Waals surface area contributed by atoms with Crippen molar-refractivity contribution >= 4 is 39.2 Å². The van der Waals surface area contributed by atoms with Gasteiger partial charge in [-0.25, -0.2) is 19.3 Å². The summed E-state index contributed by atoms with van der Waals surface area (Å²) in [5, 5.41) is 3.74. The molecule has 1 aliphatic heterocycles. The van der Waals surface area contributed by atoms with Crippen molar-refractivity contribution in [2.24, 2.45) is 5.73 Å². The highest BCUT2D eigenvalue weighted by molar-refractivity contribution is 7.18. The van der Waals surface area contributed by atoms with Crippen LogP contribution in [0.3, 0.4) is 0 Å². The van der Waals surface area contributed by atoms with E-state index in [1.165, 1.54) is 17.4 Å². The number of amides is 1. The maximum absolute atomic E-state index is 14.0. The largest absolute Gasteiger partial charge is 0.378 e. The van der Waals surface area contributed by atoms with Gasteiger partial charge in [0.15, 0.2) is 5.13 Å². The quantitative estimate of drug-likeness (QED) is 0.422. The Kier molecular flexibility index (Phi) is 5.94. The van der Waals surface area contributed by atoms with E-state index in [1.807, 2.05) is 15.5 Å². The second kappa shape index (κ2) is 9.17. The van der Waals surface area contributed by atoms with Crippen LogP contribution in [0.4, 0.5) is 15.3 Å². The van der Waals surface area contributed by atoms with Gasteiger partial charge in [-0.3, -0.25) is 14.7 Å². The van der Waals surface area contributed by atoms with Crippen LogP contribution in [-0.4, -0.2) is 67.7 Å². The first-order valence-electron chi connectivity index (χ1n) is 10.3. The Bertz CT molecular complexity index is 1290. The molecule has 5 rings (SSSR count). The number of nitrogens with two attached hydrogens (primary N) is 1. The Labute approximate surface area is 192 Å². The molecule has 0 spiro atoms. The van der Waals surface area contributed by atoms with Crippen molar-refractivity contribution in [1.82, 2.24) is 29.4 Å². The summed E-state index contributed by atoms with van der Waals surface area (Å²) in [4.78, 5) is 31.6. The molecule has 1 amide bonds. The molecule has 10 nitrogen and oxygen atoms in total. The topological polar surface area (TPSA) is 124 Å². The zero-order valence-corrected chi connectivity index (χ0v) is 18.3. The normalized spacial score (nSPS) is 16.8. The molecule has 0 aliphatic carbocycles. The average Bonchev–Trinajstić information content (AvgIpc) is 3.45. The first kappa shape index (κ1) is 21.4. The molecular formula is C21H21FN8O2S. The molecule has 4 aromatic heterocycles. The van der Waals surface area contributed by atoms with E-state index in [0.29, 0.717) is 48.7 Å². The first-order valence-corrected chi connectivity index (χ1v) is 11.2. The number of fused-ring (bicyclic) bond motifs is 1. The number of aromatic nitrogens is 5. The van der Waals surface area contributed by atoms with Crippen LogP contribution in [0.1, 0.15) is 0 Å². The predicted octanol–water partition coefficient (Wildman–Crippen LogP) is 2.02. The third-order valence-corrected chi connectivity index (χ3v) is 6.36. The first-order chi connectivity index (χ1) is 16.1. The fraction of sp³-hybridized carbons (Fsp3) is 0.286. The van der Waals surface area contributed by atoms with Crippen molar-refractivity contribution < 1.29 is 13.9 Å². The molecule has 1 atom stereocenters. The third-order valence-electron chi connectivity index (χ3n) is 5.44. The molecule has 0 unspecified atom stereocenters. The molecule has 3 N–H and O–H groups in total.